The molecule has 3 aromatic carbocycles. The van der Waals surface area contributed by atoms with Crippen LogP contribution in [0.3, 0.4) is 0 Å². The molecule has 4 aromatic rings. The number of rotatable bonds is 6. The molecule has 1 aromatic heterocycles. The number of fused-ring (bicyclic) bond motifs is 3. The fraction of sp³-hybridized carbons (Fsp3) is 0.214. The first-order chi connectivity index (χ1) is 15.8. The number of carbonyl (C=O) groups excluding carboxylic acids is 1. The number of carbonyl (C=O) groups is 1. The number of hydrogen-bond acceptors (Lipinski definition) is 2. The van der Waals surface area contributed by atoms with Gasteiger partial charge in [0.2, 0.25) is 0 Å². The lowest BCUT2D eigenvalue weighted by atomic mass is 9.99. The van der Waals surface area contributed by atoms with E-state index >= 15 is 0 Å². The summed E-state index contributed by atoms with van der Waals surface area (Å²) < 4.78 is 0. The van der Waals surface area contributed by atoms with E-state index in [2.05, 4.69) is 51.9 Å². The van der Waals surface area contributed by atoms with Crippen molar-refractivity contribution in [1.82, 2.24) is 15.5 Å². The van der Waals surface area contributed by atoms with Gasteiger partial charge in [0.15, 0.2) is 0 Å². The van der Waals surface area contributed by atoms with Crippen molar-refractivity contribution in [3.8, 4) is 22.5 Å². The molecule has 32 heavy (non-hydrogen) atoms. The maximum absolute atomic E-state index is 12.5. The highest BCUT2D eigenvalue weighted by Gasteiger charge is 2.21. The molecule has 2 N–H and O–H groups in total. The van der Waals surface area contributed by atoms with Gasteiger partial charge in [0.25, 0.3) is 5.91 Å². The molecular weight excluding hydrogens is 394 g/mol. The van der Waals surface area contributed by atoms with Gasteiger partial charge in [-0.05, 0) is 55.4 Å². The van der Waals surface area contributed by atoms with E-state index in [0.717, 1.165) is 49.1 Å². The summed E-state index contributed by atoms with van der Waals surface area (Å²) in [6.45, 7) is 0.668. The minimum absolute atomic E-state index is 0.0283. The van der Waals surface area contributed by atoms with Crippen LogP contribution in [0.5, 0.6) is 0 Å². The molecular formula is C28H27N3O. The highest BCUT2D eigenvalue weighted by molar-refractivity contribution is 5.94. The van der Waals surface area contributed by atoms with Gasteiger partial charge < -0.3 is 5.32 Å². The number of hydrogen-bond donors (Lipinski definition) is 2. The van der Waals surface area contributed by atoms with E-state index in [1.54, 1.807) is 0 Å². The molecule has 4 heteroatoms. The second-order valence-corrected chi connectivity index (χ2v) is 8.36. The van der Waals surface area contributed by atoms with Gasteiger partial charge in [0.05, 0.1) is 11.4 Å². The summed E-state index contributed by atoms with van der Waals surface area (Å²) in [7, 11) is 0. The van der Waals surface area contributed by atoms with E-state index in [-0.39, 0.29) is 5.91 Å². The van der Waals surface area contributed by atoms with Crippen molar-refractivity contribution in [1.29, 1.82) is 0 Å². The topological polar surface area (TPSA) is 57.8 Å². The lowest BCUT2D eigenvalue weighted by molar-refractivity contribution is 0.0953. The summed E-state index contributed by atoms with van der Waals surface area (Å²) in [6, 6.07) is 26.7. The van der Waals surface area contributed by atoms with E-state index in [1.165, 1.54) is 22.3 Å². The Hall–Kier alpha value is -3.66. The van der Waals surface area contributed by atoms with Gasteiger partial charge in [-0.25, -0.2) is 0 Å². The number of nitrogens with zero attached hydrogens (tertiary/aromatic N) is 1. The molecule has 0 spiro atoms. The van der Waals surface area contributed by atoms with Crippen LogP contribution in [0.25, 0.3) is 22.5 Å². The minimum Gasteiger partial charge on any atom is -0.352 e. The molecule has 1 heterocycles. The summed E-state index contributed by atoms with van der Waals surface area (Å²) in [5.41, 5.74) is 9.05. The highest BCUT2D eigenvalue weighted by Crippen LogP contribution is 2.36. The third-order valence-corrected chi connectivity index (χ3v) is 6.22. The Balaban J connectivity index is 1.26. The molecule has 0 unspecified atom stereocenters. The fourth-order valence-electron chi connectivity index (χ4n) is 4.53. The minimum atomic E-state index is -0.0283. The van der Waals surface area contributed by atoms with Crippen LogP contribution in [-0.2, 0) is 19.3 Å². The van der Waals surface area contributed by atoms with Gasteiger partial charge in [-0.3, -0.25) is 9.89 Å². The van der Waals surface area contributed by atoms with Crippen LogP contribution in [0.2, 0.25) is 0 Å². The number of benzene rings is 3. The Morgan fingerprint density at radius 1 is 0.906 bits per heavy atom. The van der Waals surface area contributed by atoms with Crippen LogP contribution < -0.4 is 5.32 Å². The first-order valence-corrected chi connectivity index (χ1v) is 11.4. The summed E-state index contributed by atoms with van der Waals surface area (Å²) in [5, 5.41) is 11.0. The van der Waals surface area contributed by atoms with Crippen LogP contribution in [0.4, 0.5) is 0 Å². The Kier molecular flexibility index (Phi) is 5.84. The first kappa shape index (κ1) is 20.3. The van der Waals surface area contributed by atoms with Gasteiger partial charge in [0.1, 0.15) is 0 Å². The lowest BCUT2D eigenvalue weighted by Gasteiger charge is -2.07. The molecule has 0 bridgehead atoms. The summed E-state index contributed by atoms with van der Waals surface area (Å²) in [5.74, 6) is -0.0283. The third kappa shape index (κ3) is 4.22. The van der Waals surface area contributed by atoms with Crippen LogP contribution in [0.1, 0.15) is 39.9 Å². The molecule has 0 aliphatic heterocycles. The zero-order chi connectivity index (χ0) is 21.8. The van der Waals surface area contributed by atoms with Gasteiger partial charge in [-0.2, -0.15) is 5.10 Å². The van der Waals surface area contributed by atoms with Crippen molar-refractivity contribution < 1.29 is 4.79 Å². The third-order valence-electron chi connectivity index (χ3n) is 6.22. The molecule has 0 radical (unpaired) electrons. The van der Waals surface area contributed by atoms with Crippen molar-refractivity contribution in [3.63, 3.8) is 0 Å². The maximum atomic E-state index is 12.5. The van der Waals surface area contributed by atoms with Crippen molar-refractivity contribution >= 4 is 5.91 Å². The summed E-state index contributed by atoms with van der Waals surface area (Å²) >= 11 is 0. The molecule has 160 valence electrons. The molecule has 0 fully saturated rings. The molecule has 1 amide bonds. The monoisotopic (exact) mass is 421 g/mol. The maximum Gasteiger partial charge on any atom is 0.251 e. The van der Waals surface area contributed by atoms with Crippen LogP contribution in [-0.4, -0.2) is 22.6 Å². The average Bonchev–Trinajstić information content (AvgIpc) is 3.17. The van der Waals surface area contributed by atoms with Crippen molar-refractivity contribution in [3.05, 3.63) is 101 Å². The molecule has 5 rings (SSSR count). The molecule has 0 atom stereocenters. The molecule has 1 aliphatic carbocycles. The van der Waals surface area contributed by atoms with Crippen molar-refractivity contribution in [2.75, 3.05) is 6.54 Å². The number of aryl methyl sites for hydroxylation is 2. The van der Waals surface area contributed by atoms with E-state index in [4.69, 9.17) is 0 Å². The number of aromatic nitrogens is 2. The number of aromatic amines is 1. The molecule has 0 saturated heterocycles. The number of amides is 1. The molecule has 1 aliphatic rings. The van der Waals surface area contributed by atoms with E-state index in [1.807, 2.05) is 42.5 Å². The Labute approximate surface area is 188 Å². The Bertz CT molecular complexity index is 1210. The van der Waals surface area contributed by atoms with E-state index < -0.39 is 0 Å². The largest absolute Gasteiger partial charge is 0.352 e. The summed E-state index contributed by atoms with van der Waals surface area (Å²) in [6.07, 6.45) is 5.09. The first-order valence-electron chi connectivity index (χ1n) is 11.4. The molecule has 4 nitrogen and oxygen atoms in total. The van der Waals surface area contributed by atoms with Gasteiger partial charge in [-0.15, -0.1) is 0 Å². The molecule has 0 saturated carbocycles. The lowest BCUT2D eigenvalue weighted by Crippen LogP contribution is -2.24. The predicted molar refractivity (Wildman–Crippen MR) is 129 cm³/mol. The zero-order valence-corrected chi connectivity index (χ0v) is 18.1. The SMILES string of the molecule is O=C(NCCCc1ccccc1)c1ccc(-c2n[nH]c3c2CCCc2ccccc2-3)cc1. The average molecular weight is 422 g/mol. The predicted octanol–water partition coefficient (Wildman–Crippen LogP) is 5.60. The normalized spacial score (nSPS) is 12.5. The fourth-order valence-corrected chi connectivity index (χ4v) is 4.53. The van der Waals surface area contributed by atoms with Crippen molar-refractivity contribution in [2.45, 2.75) is 32.1 Å². The second-order valence-electron chi connectivity index (χ2n) is 8.36. The van der Waals surface area contributed by atoms with Gasteiger partial charge >= 0.3 is 0 Å². The van der Waals surface area contributed by atoms with Crippen LogP contribution >= 0.6 is 0 Å². The zero-order valence-electron chi connectivity index (χ0n) is 18.1. The quantitative estimate of drug-likeness (QED) is 0.399. The van der Waals surface area contributed by atoms with Crippen LogP contribution in [0.15, 0.2) is 78.9 Å². The highest BCUT2D eigenvalue weighted by atomic mass is 16.1. The number of nitrogens with one attached hydrogen (secondary N) is 2. The summed E-state index contributed by atoms with van der Waals surface area (Å²) in [4.78, 5) is 12.5. The van der Waals surface area contributed by atoms with E-state index in [0.29, 0.717) is 12.1 Å². The van der Waals surface area contributed by atoms with Crippen LogP contribution in [0, 0.1) is 0 Å². The van der Waals surface area contributed by atoms with Crippen molar-refractivity contribution in [2.24, 2.45) is 0 Å². The Morgan fingerprint density at radius 2 is 1.69 bits per heavy atom. The standard InChI is InChI=1S/C28H27N3O/c32-28(29-19-7-10-20-8-2-1-3-9-20)23-17-15-22(16-18-23)26-25-14-6-12-21-11-4-5-13-24(21)27(25)31-30-26/h1-5,8-9,11,13,15-18H,6-7,10,12,14,19H2,(H,29,32)(H,30,31). The van der Waals surface area contributed by atoms with E-state index in [9.17, 15) is 4.79 Å². The second kappa shape index (κ2) is 9.23. The smallest absolute Gasteiger partial charge is 0.251 e. The van der Waals surface area contributed by atoms with Gasteiger partial charge in [-0.1, -0.05) is 66.7 Å². The van der Waals surface area contributed by atoms with Gasteiger partial charge in [0, 0.05) is 28.8 Å². The Morgan fingerprint density at radius 3 is 2.53 bits per heavy atom. The number of H-pyrrole nitrogens is 1.